The number of nitrogens with two attached hydrogens (primary N) is 1. The topological polar surface area (TPSA) is 169 Å². The summed E-state index contributed by atoms with van der Waals surface area (Å²) in [5.74, 6) is 3.76. The number of hydrazine groups is 1. The predicted molar refractivity (Wildman–Crippen MR) is 127 cm³/mol. The minimum atomic E-state index is -0.938. The fourth-order valence-electron chi connectivity index (χ4n) is 3.39. The van der Waals surface area contributed by atoms with E-state index in [9.17, 15) is 24.0 Å². The van der Waals surface area contributed by atoms with Gasteiger partial charge < -0.3 is 25.4 Å². The summed E-state index contributed by atoms with van der Waals surface area (Å²) >= 11 is 0. The molecule has 1 unspecified atom stereocenters. The lowest BCUT2D eigenvalue weighted by molar-refractivity contribution is -0.143. The van der Waals surface area contributed by atoms with Crippen LogP contribution in [-0.4, -0.2) is 73.2 Å². The van der Waals surface area contributed by atoms with Crippen LogP contribution in [0.25, 0.3) is 0 Å². The molecule has 198 valence electrons. The number of carbonyl (C=O) groups excluding carboxylic acids is 5. The highest BCUT2D eigenvalue weighted by atomic mass is 16.6. The second-order valence-electron chi connectivity index (χ2n) is 8.23. The highest BCUT2D eigenvalue weighted by molar-refractivity contribution is 5.91. The average Bonchev–Trinajstić information content (AvgIpc) is 2.79. The number of nitrogens with one attached hydrogen (secondary N) is 3. The monoisotopic (exact) mass is 497 g/mol. The van der Waals surface area contributed by atoms with Crippen molar-refractivity contribution in [2.24, 2.45) is 5.84 Å². The summed E-state index contributed by atoms with van der Waals surface area (Å²) < 4.78 is 10.3. The first-order valence-electron chi connectivity index (χ1n) is 12.1. The molecule has 0 heterocycles. The Morgan fingerprint density at radius 3 is 2.51 bits per heavy atom. The van der Waals surface area contributed by atoms with Crippen molar-refractivity contribution in [2.45, 2.75) is 77.4 Å². The largest absolute Gasteiger partial charge is 0.465 e. The van der Waals surface area contributed by atoms with Gasteiger partial charge in [-0.2, -0.15) is 0 Å². The maximum atomic E-state index is 12.5. The van der Waals surface area contributed by atoms with E-state index in [1.54, 1.807) is 6.92 Å². The van der Waals surface area contributed by atoms with Gasteiger partial charge in [0.15, 0.2) is 0 Å². The van der Waals surface area contributed by atoms with Gasteiger partial charge in [0.25, 0.3) is 0 Å². The van der Waals surface area contributed by atoms with Gasteiger partial charge in [-0.05, 0) is 58.3 Å². The van der Waals surface area contributed by atoms with Gasteiger partial charge in [0.2, 0.25) is 17.7 Å². The molecule has 0 aromatic rings. The fraction of sp³-hybridized carbons (Fsp3) is 0.696. The normalized spacial score (nSPS) is 17.1. The predicted octanol–water partition coefficient (Wildman–Crippen LogP) is 0.658. The van der Waals surface area contributed by atoms with Gasteiger partial charge in [-0.1, -0.05) is 12.2 Å². The molecule has 12 heteroatoms. The molecule has 0 aliphatic heterocycles. The number of unbranched alkanes of at least 4 members (excludes halogenated alkanes) is 1. The van der Waals surface area contributed by atoms with Crippen molar-refractivity contribution in [3.8, 4) is 0 Å². The molecule has 0 spiro atoms. The highest BCUT2D eigenvalue weighted by Crippen LogP contribution is 2.16. The molecule has 0 radical (unpaired) electrons. The number of ether oxygens (including phenoxy) is 2. The number of amides is 4. The van der Waals surface area contributed by atoms with Gasteiger partial charge in [0, 0.05) is 13.5 Å². The summed E-state index contributed by atoms with van der Waals surface area (Å²) in [5.41, 5.74) is 0. The molecule has 0 aromatic carbocycles. The van der Waals surface area contributed by atoms with E-state index in [1.807, 2.05) is 0 Å². The maximum absolute atomic E-state index is 12.5. The third-order valence-corrected chi connectivity index (χ3v) is 5.22. The van der Waals surface area contributed by atoms with Crippen LogP contribution >= 0.6 is 0 Å². The Kier molecular flexibility index (Phi) is 14.8. The minimum Gasteiger partial charge on any atom is -0.465 e. The van der Waals surface area contributed by atoms with E-state index < -0.39 is 29.9 Å². The van der Waals surface area contributed by atoms with Gasteiger partial charge in [-0.3, -0.25) is 19.2 Å². The van der Waals surface area contributed by atoms with Crippen molar-refractivity contribution in [3.63, 3.8) is 0 Å². The van der Waals surface area contributed by atoms with E-state index in [4.69, 9.17) is 15.3 Å². The Balaban J connectivity index is 2.49. The van der Waals surface area contributed by atoms with Crippen molar-refractivity contribution in [2.75, 3.05) is 26.2 Å². The SMILES string of the molecule is CCOC(=O)CNC(=O)[C@H](CCCCN(N)C(=O)OC1CC/C=C/CCC1)NC(=O)CNC(C)=O. The van der Waals surface area contributed by atoms with Crippen molar-refractivity contribution in [1.82, 2.24) is 21.0 Å². The molecule has 1 aliphatic carbocycles. The number of rotatable bonds is 13. The summed E-state index contributed by atoms with van der Waals surface area (Å²) in [6.07, 6.45) is 8.96. The van der Waals surface area contributed by atoms with Gasteiger partial charge in [0.05, 0.1) is 13.2 Å². The van der Waals surface area contributed by atoms with Crippen LogP contribution in [0.2, 0.25) is 0 Å². The number of carbonyl (C=O) groups is 5. The first-order valence-corrected chi connectivity index (χ1v) is 12.1. The second-order valence-corrected chi connectivity index (χ2v) is 8.23. The zero-order valence-electron chi connectivity index (χ0n) is 20.7. The lowest BCUT2D eigenvalue weighted by Crippen LogP contribution is -2.50. The van der Waals surface area contributed by atoms with Crippen LogP contribution in [-0.2, 0) is 28.7 Å². The molecule has 1 aliphatic rings. The Morgan fingerprint density at radius 1 is 1.06 bits per heavy atom. The Bertz CT molecular complexity index is 744. The quantitative estimate of drug-likeness (QED) is 0.0718. The highest BCUT2D eigenvalue weighted by Gasteiger charge is 2.22. The summed E-state index contributed by atoms with van der Waals surface area (Å²) in [5, 5.41) is 8.35. The van der Waals surface area contributed by atoms with Crippen molar-refractivity contribution in [1.29, 1.82) is 0 Å². The van der Waals surface area contributed by atoms with E-state index >= 15 is 0 Å². The maximum Gasteiger partial charge on any atom is 0.424 e. The van der Waals surface area contributed by atoms with E-state index in [0.29, 0.717) is 12.8 Å². The number of hydrogen-bond acceptors (Lipinski definition) is 8. The third kappa shape index (κ3) is 14.0. The van der Waals surface area contributed by atoms with E-state index in [1.165, 1.54) is 6.92 Å². The van der Waals surface area contributed by atoms with Crippen LogP contribution in [0.5, 0.6) is 0 Å². The van der Waals surface area contributed by atoms with E-state index in [0.717, 1.165) is 37.1 Å². The first kappa shape index (κ1) is 29.9. The van der Waals surface area contributed by atoms with Crippen LogP contribution in [0.3, 0.4) is 0 Å². The second kappa shape index (κ2) is 17.3. The molecule has 0 fully saturated rings. The Hall–Kier alpha value is -3.15. The molecule has 4 amide bonds. The molecule has 5 N–H and O–H groups in total. The Morgan fingerprint density at radius 2 is 1.80 bits per heavy atom. The molecule has 0 saturated carbocycles. The van der Waals surface area contributed by atoms with E-state index in [-0.39, 0.29) is 44.7 Å². The molecule has 1 rings (SSSR count). The van der Waals surface area contributed by atoms with Crippen LogP contribution in [0.15, 0.2) is 12.2 Å². The van der Waals surface area contributed by atoms with Crippen molar-refractivity contribution >= 4 is 29.8 Å². The molecule has 0 bridgehead atoms. The molecule has 2 atom stereocenters. The van der Waals surface area contributed by atoms with Crippen molar-refractivity contribution < 1.29 is 33.4 Å². The lowest BCUT2D eigenvalue weighted by atomic mass is 10.0. The van der Waals surface area contributed by atoms with Gasteiger partial charge >= 0.3 is 12.1 Å². The van der Waals surface area contributed by atoms with Gasteiger partial charge in [-0.25, -0.2) is 15.6 Å². The first-order chi connectivity index (χ1) is 16.7. The summed E-state index contributed by atoms with van der Waals surface area (Å²) in [6, 6.07) is -0.938. The Labute approximate surface area is 206 Å². The average molecular weight is 498 g/mol. The van der Waals surface area contributed by atoms with Crippen LogP contribution in [0.4, 0.5) is 4.79 Å². The fourth-order valence-corrected chi connectivity index (χ4v) is 3.39. The number of allylic oxidation sites excluding steroid dienone is 2. The molecule has 35 heavy (non-hydrogen) atoms. The summed E-state index contributed by atoms with van der Waals surface area (Å²) in [4.78, 5) is 59.4. The summed E-state index contributed by atoms with van der Waals surface area (Å²) in [7, 11) is 0. The lowest BCUT2D eigenvalue weighted by Gasteiger charge is -2.23. The zero-order chi connectivity index (χ0) is 26.1. The minimum absolute atomic E-state index is 0.162. The number of hydrogen-bond donors (Lipinski definition) is 4. The van der Waals surface area contributed by atoms with Crippen LogP contribution in [0, 0.1) is 0 Å². The third-order valence-electron chi connectivity index (χ3n) is 5.22. The zero-order valence-corrected chi connectivity index (χ0v) is 20.7. The molecule has 0 saturated heterocycles. The van der Waals surface area contributed by atoms with Crippen molar-refractivity contribution in [3.05, 3.63) is 12.2 Å². The van der Waals surface area contributed by atoms with Gasteiger partial charge in [0.1, 0.15) is 18.7 Å². The molecule has 0 aromatic heterocycles. The molecular formula is C23H39N5O7. The number of esters is 1. The van der Waals surface area contributed by atoms with E-state index in [2.05, 4.69) is 28.1 Å². The number of nitrogens with zero attached hydrogens (tertiary/aromatic N) is 1. The van der Waals surface area contributed by atoms with Crippen LogP contribution < -0.4 is 21.8 Å². The van der Waals surface area contributed by atoms with Gasteiger partial charge in [-0.15, -0.1) is 0 Å². The summed E-state index contributed by atoms with van der Waals surface area (Å²) in [6.45, 7) is 2.70. The smallest absolute Gasteiger partial charge is 0.424 e. The molecular weight excluding hydrogens is 458 g/mol. The molecule has 12 nitrogen and oxygen atoms in total. The standard InChI is InChI=1S/C23H39N5O7/c1-3-34-21(31)16-26-22(32)19(27-20(30)15-25-17(2)29)13-9-10-14-28(24)23(33)35-18-11-7-5-4-6-8-12-18/h4-5,18-19H,3,6-16,24H2,1-2H3,(H,25,29)(H,26,32)(H,27,30)/b5-4+/t18?,19-/m0/s1. The van der Waals surface area contributed by atoms with Crippen LogP contribution in [0.1, 0.15) is 65.2 Å².